The summed E-state index contributed by atoms with van der Waals surface area (Å²) in [4.78, 5) is 12.7. The molecule has 1 aromatic heterocycles. The van der Waals surface area contributed by atoms with Gasteiger partial charge in [0.25, 0.3) is 0 Å². The number of hydrogen-bond acceptors (Lipinski definition) is 3. The second kappa shape index (κ2) is 4.67. The van der Waals surface area contributed by atoms with Crippen molar-refractivity contribution in [3.8, 4) is 0 Å². The average Bonchev–Trinajstić information content (AvgIpc) is 2.56. The van der Waals surface area contributed by atoms with Crippen LogP contribution >= 0.6 is 0 Å². The second-order valence-electron chi connectivity index (χ2n) is 3.02. The molecule has 0 fully saturated rings. The fourth-order valence-electron chi connectivity index (χ4n) is 0.865. The molecule has 4 nitrogen and oxygen atoms in total. The number of nitrogens with one attached hydrogen (secondary N) is 1. The Labute approximate surface area is 77.5 Å². The molecule has 1 aromatic rings. The minimum atomic E-state index is 0.0727. The van der Waals surface area contributed by atoms with Crippen LogP contribution in [0.3, 0.4) is 0 Å². The van der Waals surface area contributed by atoms with Crippen LogP contribution < -0.4 is 5.32 Å². The van der Waals surface area contributed by atoms with Crippen molar-refractivity contribution < 1.29 is 9.21 Å². The maximum atomic E-state index is 11.1. The third-order valence-corrected chi connectivity index (χ3v) is 1.68. The van der Waals surface area contributed by atoms with Gasteiger partial charge in [0.1, 0.15) is 0 Å². The molecule has 0 radical (unpaired) electrons. The molecule has 0 spiro atoms. The van der Waals surface area contributed by atoms with E-state index >= 15 is 0 Å². The van der Waals surface area contributed by atoms with E-state index < -0.39 is 0 Å². The van der Waals surface area contributed by atoms with Crippen LogP contribution in [0.4, 0.5) is 0 Å². The number of carbonyl (C=O) groups is 1. The Morgan fingerprint density at radius 3 is 2.92 bits per heavy atom. The summed E-state index contributed by atoms with van der Waals surface area (Å²) in [6, 6.07) is 1.87. The van der Waals surface area contributed by atoms with Gasteiger partial charge in [0.15, 0.2) is 0 Å². The number of nitrogens with zero attached hydrogens (tertiary/aromatic N) is 1. The Bertz CT molecular complexity index is 255. The van der Waals surface area contributed by atoms with Crippen molar-refractivity contribution in [2.24, 2.45) is 0 Å². The molecule has 0 unspecified atom stereocenters. The van der Waals surface area contributed by atoms with E-state index in [0.717, 1.165) is 5.56 Å². The summed E-state index contributed by atoms with van der Waals surface area (Å²) in [5, 5.41) is 3.02. The van der Waals surface area contributed by atoms with Crippen molar-refractivity contribution in [1.82, 2.24) is 10.2 Å². The van der Waals surface area contributed by atoms with Crippen LogP contribution in [0, 0.1) is 0 Å². The van der Waals surface area contributed by atoms with Crippen LogP contribution in [0.15, 0.2) is 23.0 Å². The molecule has 4 heteroatoms. The number of amides is 1. The summed E-state index contributed by atoms with van der Waals surface area (Å²) in [6.07, 6.45) is 3.28. The smallest absolute Gasteiger partial charge is 0.236 e. The Hall–Kier alpha value is -1.29. The average molecular weight is 182 g/mol. The van der Waals surface area contributed by atoms with Crippen molar-refractivity contribution in [2.45, 2.75) is 6.54 Å². The normalized spacial score (nSPS) is 10.0. The first-order valence-electron chi connectivity index (χ1n) is 4.12. The molecule has 0 aromatic carbocycles. The van der Waals surface area contributed by atoms with Crippen LogP contribution in [0.2, 0.25) is 0 Å². The third kappa shape index (κ3) is 3.29. The van der Waals surface area contributed by atoms with Crippen molar-refractivity contribution in [2.75, 3.05) is 20.6 Å². The molecule has 13 heavy (non-hydrogen) atoms. The highest BCUT2D eigenvalue weighted by atomic mass is 16.3. The number of rotatable bonds is 4. The van der Waals surface area contributed by atoms with Crippen molar-refractivity contribution in [3.05, 3.63) is 24.2 Å². The largest absolute Gasteiger partial charge is 0.472 e. The molecular formula is C9H14N2O2. The predicted molar refractivity (Wildman–Crippen MR) is 49.1 cm³/mol. The van der Waals surface area contributed by atoms with Crippen LogP contribution in [0.1, 0.15) is 5.56 Å². The molecule has 0 saturated carbocycles. The van der Waals surface area contributed by atoms with Gasteiger partial charge in [-0.15, -0.1) is 0 Å². The van der Waals surface area contributed by atoms with E-state index in [4.69, 9.17) is 4.42 Å². The van der Waals surface area contributed by atoms with E-state index in [1.165, 1.54) is 0 Å². The predicted octanol–water partition coefficient (Wildman–Crippen LogP) is 0.457. The molecule has 0 aliphatic heterocycles. The van der Waals surface area contributed by atoms with Gasteiger partial charge in [0, 0.05) is 26.2 Å². The van der Waals surface area contributed by atoms with Gasteiger partial charge in [-0.1, -0.05) is 0 Å². The Balaban J connectivity index is 2.18. The summed E-state index contributed by atoms with van der Waals surface area (Å²) in [5.74, 6) is 0.0727. The Kier molecular flexibility index (Phi) is 3.52. The van der Waals surface area contributed by atoms with Crippen molar-refractivity contribution >= 4 is 5.91 Å². The first kappa shape index (κ1) is 9.80. The molecular weight excluding hydrogens is 168 g/mol. The van der Waals surface area contributed by atoms with Crippen molar-refractivity contribution in [1.29, 1.82) is 0 Å². The van der Waals surface area contributed by atoms with Gasteiger partial charge in [-0.2, -0.15) is 0 Å². The summed E-state index contributed by atoms with van der Waals surface area (Å²) in [6.45, 7) is 1.02. The second-order valence-corrected chi connectivity index (χ2v) is 3.02. The van der Waals surface area contributed by atoms with Gasteiger partial charge in [-0.3, -0.25) is 4.79 Å². The van der Waals surface area contributed by atoms with Crippen LogP contribution in [0.25, 0.3) is 0 Å². The monoisotopic (exact) mass is 182 g/mol. The van der Waals surface area contributed by atoms with E-state index in [1.54, 1.807) is 31.5 Å². The molecule has 0 aliphatic rings. The van der Waals surface area contributed by atoms with Crippen LogP contribution in [-0.4, -0.2) is 31.4 Å². The van der Waals surface area contributed by atoms with Gasteiger partial charge >= 0.3 is 0 Å². The molecule has 1 heterocycles. The van der Waals surface area contributed by atoms with E-state index in [-0.39, 0.29) is 5.91 Å². The van der Waals surface area contributed by atoms with E-state index in [9.17, 15) is 4.79 Å². The number of carbonyl (C=O) groups excluding carboxylic acids is 1. The Morgan fingerprint density at radius 1 is 1.62 bits per heavy atom. The highest BCUT2D eigenvalue weighted by Gasteiger charge is 2.02. The van der Waals surface area contributed by atoms with Gasteiger partial charge in [0.2, 0.25) is 5.91 Å². The molecule has 1 N–H and O–H groups in total. The molecule has 0 saturated heterocycles. The fraction of sp³-hybridized carbons (Fsp3) is 0.444. The topological polar surface area (TPSA) is 45.5 Å². The standard InChI is InChI=1S/C9H14N2O2/c1-11(2)9(12)6-10-5-8-3-4-13-7-8/h3-4,7,10H,5-6H2,1-2H3. The maximum absolute atomic E-state index is 11.1. The lowest BCUT2D eigenvalue weighted by Crippen LogP contribution is -2.32. The van der Waals surface area contributed by atoms with Crippen LogP contribution in [0.5, 0.6) is 0 Å². The minimum absolute atomic E-state index is 0.0727. The number of furan rings is 1. The van der Waals surface area contributed by atoms with Crippen LogP contribution in [-0.2, 0) is 11.3 Å². The summed E-state index contributed by atoms with van der Waals surface area (Å²) in [7, 11) is 3.48. The summed E-state index contributed by atoms with van der Waals surface area (Å²) < 4.78 is 4.88. The molecule has 1 rings (SSSR count). The molecule has 1 amide bonds. The Morgan fingerprint density at radius 2 is 2.38 bits per heavy atom. The van der Waals surface area contributed by atoms with Gasteiger partial charge in [0.05, 0.1) is 19.1 Å². The first-order chi connectivity index (χ1) is 6.20. The van der Waals surface area contributed by atoms with Gasteiger partial charge in [-0.05, 0) is 6.07 Å². The SMILES string of the molecule is CN(C)C(=O)CNCc1ccoc1. The zero-order valence-corrected chi connectivity index (χ0v) is 7.91. The minimum Gasteiger partial charge on any atom is -0.472 e. The van der Waals surface area contributed by atoms with E-state index in [1.807, 2.05) is 6.07 Å². The summed E-state index contributed by atoms with van der Waals surface area (Å²) >= 11 is 0. The summed E-state index contributed by atoms with van der Waals surface area (Å²) in [5.41, 5.74) is 1.05. The number of likely N-dealkylation sites (N-methyl/N-ethyl adjacent to an activating group) is 1. The van der Waals surface area contributed by atoms with Gasteiger partial charge in [-0.25, -0.2) is 0 Å². The molecule has 0 aliphatic carbocycles. The molecule has 0 bridgehead atoms. The third-order valence-electron chi connectivity index (χ3n) is 1.68. The van der Waals surface area contributed by atoms with E-state index in [2.05, 4.69) is 5.32 Å². The zero-order valence-electron chi connectivity index (χ0n) is 7.91. The molecule has 0 atom stereocenters. The first-order valence-corrected chi connectivity index (χ1v) is 4.12. The zero-order chi connectivity index (χ0) is 9.68. The van der Waals surface area contributed by atoms with Crippen molar-refractivity contribution in [3.63, 3.8) is 0 Å². The van der Waals surface area contributed by atoms with Gasteiger partial charge < -0.3 is 14.6 Å². The quantitative estimate of drug-likeness (QED) is 0.735. The highest BCUT2D eigenvalue weighted by Crippen LogP contribution is 1.97. The van der Waals surface area contributed by atoms with E-state index in [0.29, 0.717) is 13.1 Å². The highest BCUT2D eigenvalue weighted by molar-refractivity contribution is 5.77. The fourth-order valence-corrected chi connectivity index (χ4v) is 0.865. The maximum Gasteiger partial charge on any atom is 0.236 e. The lowest BCUT2D eigenvalue weighted by Gasteiger charge is -2.09. The lowest BCUT2D eigenvalue weighted by atomic mass is 10.3. The lowest BCUT2D eigenvalue weighted by molar-refractivity contribution is -0.127. The number of hydrogen-bond donors (Lipinski definition) is 1. The molecule has 72 valence electrons.